The molecule has 18 heavy (non-hydrogen) atoms. The average Bonchev–Trinajstić information content (AvgIpc) is 2.29. The molecule has 0 aliphatic rings. The normalized spacial score (nSPS) is 11.5. The molecule has 100 valence electrons. The van der Waals surface area contributed by atoms with Crippen LogP contribution in [0, 0.1) is 0 Å². The molecule has 0 unspecified atom stereocenters. The quantitative estimate of drug-likeness (QED) is 0.727. The van der Waals surface area contributed by atoms with Crippen molar-refractivity contribution < 1.29 is 23.2 Å². The highest BCUT2D eigenvalue weighted by Gasteiger charge is 2.16. The molecule has 1 aromatic rings. The summed E-state index contributed by atoms with van der Waals surface area (Å²) < 4.78 is 24.6. The maximum atomic E-state index is 11.7. The minimum Gasteiger partial charge on any atom is -0.479 e. The lowest BCUT2D eigenvalue weighted by Crippen LogP contribution is -2.22. The summed E-state index contributed by atoms with van der Waals surface area (Å²) >= 11 is 0. The SMILES string of the molecule is CN(C)S(=O)(=O)c1ccc(NOCC(=O)O)cc1. The number of hydrogen-bond donors (Lipinski definition) is 2. The molecule has 8 heteroatoms. The molecule has 1 rings (SSSR count). The van der Waals surface area contributed by atoms with Gasteiger partial charge in [0.25, 0.3) is 0 Å². The molecule has 0 radical (unpaired) electrons. The topological polar surface area (TPSA) is 95.9 Å². The molecule has 0 saturated heterocycles. The third-order valence-corrected chi connectivity index (χ3v) is 3.85. The van der Waals surface area contributed by atoms with Crippen molar-refractivity contribution in [1.82, 2.24) is 4.31 Å². The Morgan fingerprint density at radius 1 is 1.33 bits per heavy atom. The van der Waals surface area contributed by atoms with Gasteiger partial charge in [-0.25, -0.2) is 17.5 Å². The summed E-state index contributed by atoms with van der Waals surface area (Å²) in [5.41, 5.74) is 2.86. The van der Waals surface area contributed by atoms with Gasteiger partial charge in [0.1, 0.15) is 0 Å². The molecule has 0 atom stereocenters. The Morgan fingerprint density at radius 3 is 2.33 bits per heavy atom. The zero-order valence-electron chi connectivity index (χ0n) is 9.95. The van der Waals surface area contributed by atoms with E-state index < -0.39 is 22.6 Å². The lowest BCUT2D eigenvalue weighted by atomic mass is 10.3. The van der Waals surface area contributed by atoms with Gasteiger partial charge in [-0.1, -0.05) is 0 Å². The van der Waals surface area contributed by atoms with Crippen molar-refractivity contribution in [3.8, 4) is 0 Å². The maximum absolute atomic E-state index is 11.7. The Kier molecular flexibility index (Phi) is 4.65. The number of anilines is 1. The largest absolute Gasteiger partial charge is 0.479 e. The highest BCUT2D eigenvalue weighted by Crippen LogP contribution is 2.16. The van der Waals surface area contributed by atoms with Crippen LogP contribution in [0.2, 0.25) is 0 Å². The molecule has 0 bridgehead atoms. The molecular formula is C10H14N2O5S. The third-order valence-electron chi connectivity index (χ3n) is 2.02. The Bertz CT molecular complexity index is 510. The van der Waals surface area contributed by atoms with E-state index >= 15 is 0 Å². The standard InChI is InChI=1S/C10H14N2O5S/c1-12(2)18(15,16)9-5-3-8(4-6-9)11-17-7-10(13)14/h3-6,11H,7H2,1-2H3,(H,13,14). The number of carbonyl (C=O) groups is 1. The van der Waals surface area contributed by atoms with Crippen LogP contribution in [0.5, 0.6) is 0 Å². The van der Waals surface area contributed by atoms with E-state index in [-0.39, 0.29) is 4.90 Å². The monoisotopic (exact) mass is 274 g/mol. The molecule has 0 saturated carbocycles. The summed E-state index contributed by atoms with van der Waals surface area (Å²) in [6.07, 6.45) is 0. The fourth-order valence-electron chi connectivity index (χ4n) is 1.09. The van der Waals surface area contributed by atoms with Gasteiger partial charge in [0, 0.05) is 14.1 Å². The Labute approximate surface area is 105 Å². The summed E-state index contributed by atoms with van der Waals surface area (Å²) in [4.78, 5) is 15.0. The van der Waals surface area contributed by atoms with Crippen molar-refractivity contribution in [2.45, 2.75) is 4.90 Å². The van der Waals surface area contributed by atoms with Crippen LogP contribution in [0.3, 0.4) is 0 Å². The number of carboxylic acid groups (broad SMARTS) is 1. The zero-order valence-corrected chi connectivity index (χ0v) is 10.8. The van der Waals surface area contributed by atoms with Gasteiger partial charge in [-0.15, -0.1) is 0 Å². The second-order valence-corrected chi connectivity index (χ2v) is 5.75. The molecule has 0 amide bonds. The van der Waals surface area contributed by atoms with Gasteiger partial charge >= 0.3 is 5.97 Å². The lowest BCUT2D eigenvalue weighted by Gasteiger charge is -2.11. The van der Waals surface area contributed by atoms with E-state index in [0.717, 1.165) is 4.31 Å². The smallest absolute Gasteiger partial charge is 0.332 e. The van der Waals surface area contributed by atoms with Gasteiger partial charge in [-0.05, 0) is 24.3 Å². The number of carboxylic acids is 1. The first kappa shape index (κ1) is 14.4. The second-order valence-electron chi connectivity index (χ2n) is 3.60. The Morgan fingerprint density at radius 2 is 1.89 bits per heavy atom. The van der Waals surface area contributed by atoms with Crippen molar-refractivity contribution in [2.75, 3.05) is 26.2 Å². The van der Waals surface area contributed by atoms with Gasteiger partial charge in [-0.3, -0.25) is 10.3 Å². The van der Waals surface area contributed by atoms with Crippen molar-refractivity contribution in [2.24, 2.45) is 0 Å². The number of sulfonamides is 1. The fourth-order valence-corrected chi connectivity index (χ4v) is 1.99. The summed E-state index contributed by atoms with van der Waals surface area (Å²) in [6, 6.07) is 5.78. The molecule has 7 nitrogen and oxygen atoms in total. The van der Waals surface area contributed by atoms with E-state index in [9.17, 15) is 13.2 Å². The van der Waals surface area contributed by atoms with Crippen LogP contribution in [0.1, 0.15) is 0 Å². The lowest BCUT2D eigenvalue weighted by molar-refractivity contribution is -0.141. The van der Waals surface area contributed by atoms with Crippen molar-refractivity contribution in [1.29, 1.82) is 0 Å². The second kappa shape index (κ2) is 5.80. The van der Waals surface area contributed by atoms with Gasteiger partial charge in [0.2, 0.25) is 10.0 Å². The van der Waals surface area contributed by atoms with Crippen LogP contribution in [-0.4, -0.2) is 44.5 Å². The minimum absolute atomic E-state index is 0.149. The molecule has 1 aromatic carbocycles. The first-order valence-corrected chi connectivity index (χ1v) is 6.40. The predicted molar refractivity (Wildman–Crippen MR) is 64.5 cm³/mol. The highest BCUT2D eigenvalue weighted by molar-refractivity contribution is 7.89. The number of nitrogens with one attached hydrogen (secondary N) is 1. The van der Waals surface area contributed by atoms with Crippen LogP contribution >= 0.6 is 0 Å². The molecule has 0 fully saturated rings. The van der Waals surface area contributed by atoms with E-state index in [2.05, 4.69) is 10.3 Å². The van der Waals surface area contributed by atoms with Crippen molar-refractivity contribution in [3.05, 3.63) is 24.3 Å². The van der Waals surface area contributed by atoms with E-state index in [4.69, 9.17) is 5.11 Å². The highest BCUT2D eigenvalue weighted by atomic mass is 32.2. The number of nitrogens with zero attached hydrogens (tertiary/aromatic N) is 1. The Balaban J connectivity index is 2.72. The van der Waals surface area contributed by atoms with Crippen molar-refractivity contribution in [3.63, 3.8) is 0 Å². The minimum atomic E-state index is -3.46. The van der Waals surface area contributed by atoms with Gasteiger partial charge in [-0.2, -0.15) is 0 Å². The van der Waals surface area contributed by atoms with Crippen molar-refractivity contribution >= 4 is 21.7 Å². The molecule has 0 aliphatic heterocycles. The van der Waals surface area contributed by atoms with E-state index in [1.165, 1.54) is 38.4 Å². The van der Waals surface area contributed by atoms with Gasteiger partial charge in [0.15, 0.2) is 6.61 Å². The van der Waals surface area contributed by atoms with E-state index in [1.54, 1.807) is 0 Å². The summed E-state index contributed by atoms with van der Waals surface area (Å²) in [7, 11) is -0.573. The number of rotatable bonds is 6. The molecule has 0 aliphatic carbocycles. The molecule has 0 aromatic heterocycles. The number of benzene rings is 1. The Hall–Kier alpha value is -1.64. The molecular weight excluding hydrogens is 260 g/mol. The van der Waals surface area contributed by atoms with Crippen LogP contribution in [0.4, 0.5) is 5.69 Å². The average molecular weight is 274 g/mol. The van der Waals surface area contributed by atoms with E-state index in [1.807, 2.05) is 0 Å². The van der Waals surface area contributed by atoms with Crippen LogP contribution in [0.15, 0.2) is 29.2 Å². The predicted octanol–water partition coefficient (Wildman–Crippen LogP) is 0.365. The van der Waals surface area contributed by atoms with Crippen LogP contribution in [-0.2, 0) is 19.7 Å². The third kappa shape index (κ3) is 3.69. The number of aliphatic carboxylic acids is 1. The first-order valence-electron chi connectivity index (χ1n) is 4.96. The zero-order chi connectivity index (χ0) is 13.8. The first-order chi connectivity index (χ1) is 8.34. The van der Waals surface area contributed by atoms with Gasteiger partial charge in [0.05, 0.1) is 10.6 Å². The summed E-state index contributed by atoms with van der Waals surface area (Å²) in [6.45, 7) is -0.488. The molecule has 0 heterocycles. The van der Waals surface area contributed by atoms with Crippen LogP contribution < -0.4 is 5.48 Å². The molecule has 0 spiro atoms. The van der Waals surface area contributed by atoms with Gasteiger partial charge < -0.3 is 5.11 Å². The fraction of sp³-hybridized carbons (Fsp3) is 0.300. The summed E-state index contributed by atoms with van der Waals surface area (Å²) in [5, 5.41) is 8.35. The maximum Gasteiger partial charge on any atom is 0.332 e. The van der Waals surface area contributed by atoms with Crippen LogP contribution in [0.25, 0.3) is 0 Å². The number of hydrogen-bond acceptors (Lipinski definition) is 5. The van der Waals surface area contributed by atoms with E-state index in [0.29, 0.717) is 5.69 Å². The summed E-state index contributed by atoms with van der Waals surface area (Å²) in [5.74, 6) is -1.10. The molecule has 2 N–H and O–H groups in total.